The molecule has 1 N–H and O–H groups in total. The zero-order valence-electron chi connectivity index (χ0n) is 15.4. The van der Waals surface area contributed by atoms with Crippen LogP contribution in [0.5, 0.6) is 11.5 Å². The molecule has 1 saturated heterocycles. The van der Waals surface area contributed by atoms with Crippen molar-refractivity contribution in [3.63, 3.8) is 0 Å². The molecule has 0 amide bonds. The molecule has 2 heterocycles. The molecule has 6 heteroatoms. The van der Waals surface area contributed by atoms with E-state index in [9.17, 15) is 14.7 Å². The number of hydrogen-bond acceptors (Lipinski definition) is 6. The van der Waals surface area contributed by atoms with Gasteiger partial charge in [0.2, 0.25) is 0 Å². The van der Waals surface area contributed by atoms with E-state index < -0.39 is 23.2 Å². The fourth-order valence-corrected chi connectivity index (χ4v) is 6.25. The third-order valence-corrected chi connectivity index (χ3v) is 7.60. The minimum absolute atomic E-state index is 0.0209. The summed E-state index contributed by atoms with van der Waals surface area (Å²) < 4.78 is 11.6. The zero-order valence-corrected chi connectivity index (χ0v) is 15.4. The third-order valence-electron chi connectivity index (χ3n) is 7.60. The summed E-state index contributed by atoms with van der Waals surface area (Å²) in [5.74, 6) is 1.62. The average Bonchev–Trinajstić information content (AvgIpc) is 3.40. The van der Waals surface area contributed by atoms with E-state index in [4.69, 9.17) is 9.47 Å². The highest BCUT2D eigenvalue weighted by atomic mass is 16.5. The molecule has 4 atom stereocenters. The number of piperidine rings is 1. The Bertz CT molecular complexity index is 893. The summed E-state index contributed by atoms with van der Waals surface area (Å²) in [6.07, 6.45) is 2.87. The monoisotopic (exact) mass is 369 g/mol. The molecule has 2 bridgehead atoms. The van der Waals surface area contributed by atoms with Crippen LogP contribution in [0.25, 0.3) is 0 Å². The number of carbonyl (C=O) groups is 2. The predicted octanol–water partition coefficient (Wildman–Crippen LogP) is 1.47. The standard InChI is InChI=1S/C21H23NO5/c1-26-14-5-4-12-15-17(14)27-19-13(23)6-7-21(25)18(16(12)24)22(10-11-2-3-11)9-8-20(15,19)21/h4-5,11,18-19,25H,2-3,6-10H2,1H3/t18-,19-,20+,21-/m1/s1. The molecule has 142 valence electrons. The maximum Gasteiger partial charge on any atom is 0.183 e. The van der Waals surface area contributed by atoms with Crippen molar-refractivity contribution < 1.29 is 24.2 Å². The number of ether oxygens (including phenoxy) is 2. The summed E-state index contributed by atoms with van der Waals surface area (Å²) >= 11 is 0. The van der Waals surface area contributed by atoms with Gasteiger partial charge in [-0.1, -0.05) is 0 Å². The van der Waals surface area contributed by atoms with Gasteiger partial charge in [-0.3, -0.25) is 14.5 Å². The van der Waals surface area contributed by atoms with E-state index >= 15 is 0 Å². The lowest BCUT2D eigenvalue weighted by molar-refractivity contribution is -0.178. The third kappa shape index (κ3) is 1.70. The first-order valence-electron chi connectivity index (χ1n) is 9.93. The quantitative estimate of drug-likeness (QED) is 0.870. The number of Topliss-reactive ketones (excluding diaryl/α,β-unsaturated/α-hetero) is 2. The summed E-state index contributed by atoms with van der Waals surface area (Å²) in [5.41, 5.74) is -0.784. The Morgan fingerprint density at radius 1 is 1.30 bits per heavy atom. The summed E-state index contributed by atoms with van der Waals surface area (Å²) in [6, 6.07) is 2.95. The zero-order chi connectivity index (χ0) is 18.6. The lowest BCUT2D eigenvalue weighted by Crippen LogP contribution is -2.78. The van der Waals surface area contributed by atoms with E-state index in [0.717, 1.165) is 12.1 Å². The number of hydrogen-bond donors (Lipinski definition) is 1. The number of nitrogens with zero attached hydrogens (tertiary/aromatic N) is 1. The van der Waals surface area contributed by atoms with Gasteiger partial charge >= 0.3 is 0 Å². The lowest BCUT2D eigenvalue weighted by Gasteiger charge is -2.61. The van der Waals surface area contributed by atoms with Gasteiger partial charge in [-0.25, -0.2) is 0 Å². The molecule has 2 aliphatic heterocycles. The lowest BCUT2D eigenvalue weighted by atomic mass is 9.48. The molecule has 6 rings (SSSR count). The van der Waals surface area contributed by atoms with Crippen LogP contribution >= 0.6 is 0 Å². The van der Waals surface area contributed by atoms with Crippen molar-refractivity contribution in [2.75, 3.05) is 20.2 Å². The fourth-order valence-electron chi connectivity index (χ4n) is 6.25. The average molecular weight is 369 g/mol. The van der Waals surface area contributed by atoms with Crippen molar-refractivity contribution in [2.24, 2.45) is 5.92 Å². The van der Waals surface area contributed by atoms with Gasteiger partial charge < -0.3 is 14.6 Å². The van der Waals surface area contributed by atoms with E-state index in [2.05, 4.69) is 4.90 Å². The van der Waals surface area contributed by atoms with E-state index in [1.165, 1.54) is 12.8 Å². The predicted molar refractivity (Wildman–Crippen MR) is 95.3 cm³/mol. The number of benzene rings is 1. The van der Waals surface area contributed by atoms with Crippen LogP contribution in [0.15, 0.2) is 12.1 Å². The number of ketones is 2. The molecule has 6 nitrogen and oxygen atoms in total. The van der Waals surface area contributed by atoms with Crippen LogP contribution in [0.3, 0.4) is 0 Å². The Hall–Kier alpha value is -1.92. The molecule has 0 aromatic heterocycles. The van der Waals surface area contributed by atoms with E-state index in [1.54, 1.807) is 19.2 Å². The van der Waals surface area contributed by atoms with Gasteiger partial charge in [0.05, 0.1) is 12.5 Å². The van der Waals surface area contributed by atoms with Crippen molar-refractivity contribution in [3.8, 4) is 11.5 Å². The van der Waals surface area contributed by atoms with Crippen LogP contribution in [0.2, 0.25) is 0 Å². The largest absolute Gasteiger partial charge is 0.493 e. The normalized spacial score (nSPS) is 39.2. The van der Waals surface area contributed by atoms with Crippen LogP contribution in [0, 0.1) is 5.92 Å². The molecule has 1 aromatic rings. The Labute approximate surface area is 157 Å². The summed E-state index contributed by atoms with van der Waals surface area (Å²) in [7, 11) is 1.56. The van der Waals surface area contributed by atoms with Crippen LogP contribution in [-0.4, -0.2) is 59.5 Å². The topological polar surface area (TPSA) is 76.1 Å². The van der Waals surface area contributed by atoms with Gasteiger partial charge in [0.15, 0.2) is 29.2 Å². The smallest absolute Gasteiger partial charge is 0.183 e. The van der Waals surface area contributed by atoms with Gasteiger partial charge in [-0.15, -0.1) is 0 Å². The second kappa shape index (κ2) is 4.92. The number of methoxy groups -OCH3 is 1. The summed E-state index contributed by atoms with van der Waals surface area (Å²) in [5, 5.41) is 12.0. The maximum absolute atomic E-state index is 13.6. The number of rotatable bonds is 3. The highest BCUT2D eigenvalue weighted by molar-refractivity contribution is 6.07. The molecule has 1 aromatic carbocycles. The molecule has 3 aliphatic carbocycles. The van der Waals surface area contributed by atoms with Crippen LogP contribution in [0.4, 0.5) is 0 Å². The van der Waals surface area contributed by atoms with E-state index in [-0.39, 0.29) is 18.0 Å². The first kappa shape index (κ1) is 16.1. The molecule has 0 unspecified atom stereocenters. The number of likely N-dealkylation sites (tertiary alicyclic amines) is 1. The van der Waals surface area contributed by atoms with Gasteiger partial charge in [-0.2, -0.15) is 0 Å². The van der Waals surface area contributed by atoms with Crippen molar-refractivity contribution in [2.45, 2.75) is 55.3 Å². The molecule has 3 fully saturated rings. The second-order valence-electron chi connectivity index (χ2n) is 8.83. The van der Waals surface area contributed by atoms with E-state index in [0.29, 0.717) is 42.4 Å². The Morgan fingerprint density at radius 2 is 2.11 bits per heavy atom. The Morgan fingerprint density at radius 3 is 2.85 bits per heavy atom. The van der Waals surface area contributed by atoms with Crippen LogP contribution in [0.1, 0.15) is 48.0 Å². The van der Waals surface area contributed by atoms with Crippen molar-refractivity contribution in [1.29, 1.82) is 0 Å². The summed E-state index contributed by atoms with van der Waals surface area (Å²) in [6.45, 7) is 1.56. The Kier molecular flexibility index (Phi) is 2.93. The van der Waals surface area contributed by atoms with Crippen molar-refractivity contribution in [1.82, 2.24) is 4.90 Å². The molecule has 0 radical (unpaired) electrons. The first-order valence-corrected chi connectivity index (χ1v) is 9.93. The first-order chi connectivity index (χ1) is 13.0. The maximum atomic E-state index is 13.6. The molecule has 2 saturated carbocycles. The molecular weight excluding hydrogens is 346 g/mol. The van der Waals surface area contributed by atoms with Gasteiger partial charge in [0, 0.05) is 30.6 Å². The van der Waals surface area contributed by atoms with Gasteiger partial charge in [-0.05, 0) is 43.7 Å². The second-order valence-corrected chi connectivity index (χ2v) is 8.83. The minimum Gasteiger partial charge on any atom is -0.493 e. The molecule has 27 heavy (non-hydrogen) atoms. The highest BCUT2D eigenvalue weighted by Gasteiger charge is 2.75. The van der Waals surface area contributed by atoms with E-state index in [1.807, 2.05) is 0 Å². The molecule has 5 aliphatic rings. The minimum atomic E-state index is -1.26. The van der Waals surface area contributed by atoms with Gasteiger partial charge in [0.25, 0.3) is 0 Å². The Balaban J connectivity index is 1.62. The molecule has 1 spiro atoms. The van der Waals surface area contributed by atoms with Gasteiger partial charge in [0.1, 0.15) is 11.6 Å². The SMILES string of the molecule is COc1ccc2c3c1O[C@@H]1C(=O)CC[C@@]4(O)[C@@H](C2=O)N(CC2CC2)CC[C@]314. The molecular formula is C21H23NO5. The van der Waals surface area contributed by atoms with Crippen molar-refractivity contribution >= 4 is 11.6 Å². The van der Waals surface area contributed by atoms with Crippen LogP contribution in [-0.2, 0) is 10.2 Å². The summed E-state index contributed by atoms with van der Waals surface area (Å²) in [4.78, 5) is 28.6. The van der Waals surface area contributed by atoms with Crippen molar-refractivity contribution in [3.05, 3.63) is 23.3 Å². The fraction of sp³-hybridized carbons (Fsp3) is 0.619. The number of carbonyl (C=O) groups excluding carboxylic acids is 2. The number of aliphatic hydroxyl groups is 1. The highest BCUT2D eigenvalue weighted by Crippen LogP contribution is 2.64. The van der Waals surface area contributed by atoms with Crippen LogP contribution < -0.4 is 9.47 Å².